The molecule has 0 saturated carbocycles. The van der Waals surface area contributed by atoms with Crippen LogP contribution >= 0.6 is 0 Å². The molecule has 4 heteroatoms. The summed E-state index contributed by atoms with van der Waals surface area (Å²) >= 11 is 0. The Morgan fingerprint density at radius 3 is 2.27 bits per heavy atom. The van der Waals surface area contributed by atoms with Gasteiger partial charge in [0.25, 0.3) is 0 Å². The molecule has 0 aliphatic heterocycles. The normalized spacial score (nSPS) is 15.9. The third kappa shape index (κ3) is 7.33. The minimum atomic E-state index is -0.433. The standard InChI is InChI=1S/C11H23NO3/c1-8(7-14-6)12-9(2)10(13)15-11(3,4)5/h8-9,12H,7H2,1-6H3/t8?,9-/m1/s1. The van der Waals surface area contributed by atoms with Crippen molar-refractivity contribution in [3.05, 3.63) is 0 Å². The minimum Gasteiger partial charge on any atom is -0.459 e. The highest BCUT2D eigenvalue weighted by Gasteiger charge is 2.22. The second-order valence-corrected chi connectivity index (χ2v) is 4.78. The van der Waals surface area contributed by atoms with Gasteiger partial charge < -0.3 is 9.47 Å². The fraction of sp³-hybridized carbons (Fsp3) is 0.909. The van der Waals surface area contributed by atoms with Gasteiger partial charge in [-0.3, -0.25) is 10.1 Å². The number of nitrogens with one attached hydrogen (secondary N) is 1. The van der Waals surface area contributed by atoms with Gasteiger partial charge in [-0.15, -0.1) is 0 Å². The Bertz CT molecular complexity index is 198. The lowest BCUT2D eigenvalue weighted by atomic mass is 10.2. The Morgan fingerprint density at radius 2 is 1.87 bits per heavy atom. The molecule has 1 unspecified atom stereocenters. The van der Waals surface area contributed by atoms with Gasteiger partial charge in [0.15, 0.2) is 0 Å². The molecular formula is C11H23NO3. The van der Waals surface area contributed by atoms with Crippen LogP contribution < -0.4 is 5.32 Å². The minimum absolute atomic E-state index is 0.137. The van der Waals surface area contributed by atoms with Crippen molar-refractivity contribution in [3.63, 3.8) is 0 Å². The van der Waals surface area contributed by atoms with E-state index >= 15 is 0 Å². The monoisotopic (exact) mass is 217 g/mol. The zero-order valence-electron chi connectivity index (χ0n) is 10.6. The van der Waals surface area contributed by atoms with Gasteiger partial charge in [0.05, 0.1) is 6.61 Å². The molecule has 0 saturated heterocycles. The predicted octanol–water partition coefficient (Wildman–Crippen LogP) is 1.34. The van der Waals surface area contributed by atoms with Gasteiger partial charge in [-0.05, 0) is 34.6 Å². The molecule has 0 aliphatic rings. The Hall–Kier alpha value is -0.610. The van der Waals surface area contributed by atoms with Gasteiger partial charge in [-0.25, -0.2) is 0 Å². The molecule has 0 spiro atoms. The van der Waals surface area contributed by atoms with Crippen molar-refractivity contribution in [2.24, 2.45) is 0 Å². The molecule has 0 fully saturated rings. The molecule has 0 radical (unpaired) electrons. The Balaban J connectivity index is 3.99. The summed E-state index contributed by atoms with van der Waals surface area (Å²) in [4.78, 5) is 11.6. The number of hydrogen-bond acceptors (Lipinski definition) is 4. The number of esters is 1. The lowest BCUT2D eigenvalue weighted by Crippen LogP contribution is -2.44. The molecule has 0 amide bonds. The molecule has 0 heterocycles. The maximum atomic E-state index is 11.6. The van der Waals surface area contributed by atoms with Gasteiger partial charge >= 0.3 is 5.97 Å². The molecule has 0 aliphatic carbocycles. The van der Waals surface area contributed by atoms with Crippen molar-refractivity contribution < 1.29 is 14.3 Å². The van der Waals surface area contributed by atoms with Crippen LogP contribution in [0.15, 0.2) is 0 Å². The highest BCUT2D eigenvalue weighted by molar-refractivity contribution is 5.75. The molecule has 0 aromatic heterocycles. The summed E-state index contributed by atoms with van der Waals surface area (Å²) in [6.45, 7) is 9.90. The summed E-state index contributed by atoms with van der Waals surface area (Å²) < 4.78 is 10.2. The molecule has 0 aromatic rings. The molecule has 90 valence electrons. The summed E-state index contributed by atoms with van der Waals surface area (Å²) in [5.74, 6) is -0.231. The molecule has 0 bridgehead atoms. The zero-order valence-corrected chi connectivity index (χ0v) is 10.6. The second-order valence-electron chi connectivity index (χ2n) is 4.78. The molecule has 0 rings (SSSR count). The largest absolute Gasteiger partial charge is 0.459 e. The Kier molecular flexibility index (Phi) is 5.83. The first-order valence-electron chi connectivity index (χ1n) is 5.24. The van der Waals surface area contributed by atoms with E-state index in [2.05, 4.69) is 5.32 Å². The van der Waals surface area contributed by atoms with Crippen LogP contribution in [0.5, 0.6) is 0 Å². The van der Waals surface area contributed by atoms with E-state index in [1.165, 1.54) is 0 Å². The van der Waals surface area contributed by atoms with Crippen molar-refractivity contribution >= 4 is 5.97 Å². The molecule has 0 aromatic carbocycles. The van der Waals surface area contributed by atoms with Crippen LogP contribution in [0, 0.1) is 0 Å². The van der Waals surface area contributed by atoms with Crippen LogP contribution in [0.25, 0.3) is 0 Å². The topological polar surface area (TPSA) is 47.6 Å². The Morgan fingerprint density at radius 1 is 1.33 bits per heavy atom. The van der Waals surface area contributed by atoms with Crippen molar-refractivity contribution in [1.29, 1.82) is 0 Å². The van der Waals surface area contributed by atoms with E-state index in [0.717, 1.165) is 0 Å². The molecule has 15 heavy (non-hydrogen) atoms. The fourth-order valence-corrected chi connectivity index (χ4v) is 1.18. The molecule has 2 atom stereocenters. The smallest absolute Gasteiger partial charge is 0.323 e. The summed E-state index contributed by atoms with van der Waals surface area (Å²) in [6, 6.07) is -0.174. The summed E-state index contributed by atoms with van der Waals surface area (Å²) in [6.07, 6.45) is 0. The number of carbonyl (C=O) groups excluding carboxylic acids is 1. The van der Waals surface area contributed by atoms with Crippen LogP contribution in [-0.2, 0) is 14.3 Å². The van der Waals surface area contributed by atoms with Gasteiger partial charge in [-0.2, -0.15) is 0 Å². The van der Waals surface area contributed by atoms with Crippen molar-refractivity contribution in [2.45, 2.75) is 52.3 Å². The van der Waals surface area contributed by atoms with Crippen molar-refractivity contribution in [3.8, 4) is 0 Å². The van der Waals surface area contributed by atoms with Crippen LogP contribution in [0.1, 0.15) is 34.6 Å². The fourth-order valence-electron chi connectivity index (χ4n) is 1.18. The van der Waals surface area contributed by atoms with E-state index in [0.29, 0.717) is 6.61 Å². The van der Waals surface area contributed by atoms with E-state index in [4.69, 9.17) is 9.47 Å². The lowest BCUT2D eigenvalue weighted by Gasteiger charge is -2.24. The number of rotatable bonds is 5. The third-order valence-corrected chi connectivity index (χ3v) is 1.71. The van der Waals surface area contributed by atoms with Crippen LogP contribution in [0.2, 0.25) is 0 Å². The molecular weight excluding hydrogens is 194 g/mol. The first-order valence-corrected chi connectivity index (χ1v) is 5.24. The number of ether oxygens (including phenoxy) is 2. The maximum absolute atomic E-state index is 11.6. The molecule has 4 nitrogen and oxygen atoms in total. The first-order chi connectivity index (χ1) is 6.76. The second kappa shape index (κ2) is 6.08. The number of hydrogen-bond donors (Lipinski definition) is 1. The predicted molar refractivity (Wildman–Crippen MR) is 59.8 cm³/mol. The van der Waals surface area contributed by atoms with Crippen LogP contribution in [0.4, 0.5) is 0 Å². The number of carbonyl (C=O) groups is 1. The van der Waals surface area contributed by atoms with E-state index in [1.807, 2.05) is 27.7 Å². The zero-order chi connectivity index (χ0) is 12.1. The van der Waals surface area contributed by atoms with Gasteiger partial charge in [0, 0.05) is 13.2 Å². The molecule has 1 N–H and O–H groups in total. The van der Waals surface area contributed by atoms with Crippen molar-refractivity contribution in [2.75, 3.05) is 13.7 Å². The highest BCUT2D eigenvalue weighted by Crippen LogP contribution is 2.08. The van der Waals surface area contributed by atoms with Gasteiger partial charge in [-0.1, -0.05) is 0 Å². The van der Waals surface area contributed by atoms with E-state index in [1.54, 1.807) is 14.0 Å². The van der Waals surface area contributed by atoms with Gasteiger partial charge in [0.2, 0.25) is 0 Å². The number of methoxy groups -OCH3 is 1. The average molecular weight is 217 g/mol. The lowest BCUT2D eigenvalue weighted by molar-refractivity contribution is -0.157. The van der Waals surface area contributed by atoms with Crippen LogP contribution in [0.3, 0.4) is 0 Å². The van der Waals surface area contributed by atoms with Gasteiger partial charge in [0.1, 0.15) is 11.6 Å². The summed E-state index contributed by atoms with van der Waals surface area (Å²) in [5, 5.41) is 3.10. The van der Waals surface area contributed by atoms with E-state index in [-0.39, 0.29) is 18.1 Å². The summed E-state index contributed by atoms with van der Waals surface area (Å²) in [5.41, 5.74) is -0.433. The highest BCUT2D eigenvalue weighted by atomic mass is 16.6. The average Bonchev–Trinajstić information content (AvgIpc) is 2.00. The third-order valence-electron chi connectivity index (χ3n) is 1.71. The maximum Gasteiger partial charge on any atom is 0.323 e. The van der Waals surface area contributed by atoms with Crippen LogP contribution in [-0.4, -0.2) is 37.4 Å². The van der Waals surface area contributed by atoms with E-state index in [9.17, 15) is 4.79 Å². The quantitative estimate of drug-likeness (QED) is 0.706. The SMILES string of the molecule is COCC(C)N[C@H](C)C(=O)OC(C)(C)C. The van der Waals surface area contributed by atoms with Crippen molar-refractivity contribution in [1.82, 2.24) is 5.32 Å². The summed E-state index contributed by atoms with van der Waals surface area (Å²) in [7, 11) is 1.64. The van der Waals surface area contributed by atoms with E-state index < -0.39 is 5.60 Å². The first kappa shape index (κ1) is 14.4. The Labute approximate surface area is 92.3 Å².